The van der Waals surface area contributed by atoms with Gasteiger partial charge in [0.25, 0.3) is 0 Å². The van der Waals surface area contributed by atoms with Crippen LogP contribution in [0.4, 0.5) is 0 Å². The number of nitrogens with one attached hydrogen (secondary N) is 1. The second-order valence-electron chi connectivity index (χ2n) is 5.04. The van der Waals surface area contributed by atoms with Crippen molar-refractivity contribution in [2.75, 3.05) is 46.3 Å². The van der Waals surface area contributed by atoms with Crippen molar-refractivity contribution in [3.05, 3.63) is 0 Å². The summed E-state index contributed by atoms with van der Waals surface area (Å²) in [4.78, 5) is 16.3. The van der Waals surface area contributed by atoms with Gasteiger partial charge in [0.05, 0.1) is 0 Å². The molecule has 0 saturated carbocycles. The van der Waals surface area contributed by atoms with Crippen molar-refractivity contribution in [3.8, 4) is 0 Å². The minimum atomic E-state index is 0.174. The highest BCUT2D eigenvalue weighted by molar-refractivity contribution is 5.78. The van der Waals surface area contributed by atoms with Crippen LogP contribution in [-0.2, 0) is 4.79 Å². The molecule has 17 heavy (non-hydrogen) atoms. The van der Waals surface area contributed by atoms with E-state index >= 15 is 0 Å². The fourth-order valence-corrected chi connectivity index (χ4v) is 2.27. The molecule has 0 spiro atoms. The van der Waals surface area contributed by atoms with Crippen LogP contribution in [0.3, 0.4) is 0 Å². The first-order valence-electron chi connectivity index (χ1n) is 6.83. The third-order valence-corrected chi connectivity index (χ3v) is 3.48. The van der Waals surface area contributed by atoms with Crippen molar-refractivity contribution in [1.29, 1.82) is 0 Å². The summed E-state index contributed by atoms with van der Waals surface area (Å²) in [7, 11) is 1.93. The largest absolute Gasteiger partial charge is 0.344 e. The molecular formula is C13H27N3O. The molecule has 4 nitrogen and oxygen atoms in total. The molecule has 1 saturated heterocycles. The van der Waals surface area contributed by atoms with E-state index in [4.69, 9.17) is 0 Å². The summed E-state index contributed by atoms with van der Waals surface area (Å²) < 4.78 is 0. The Hall–Kier alpha value is -0.610. The zero-order chi connectivity index (χ0) is 12.7. The number of carbonyl (C=O) groups excluding carboxylic acids is 1. The maximum Gasteiger partial charge on any atom is 0.225 e. The molecule has 1 aliphatic rings. The Balaban J connectivity index is 2.23. The third-order valence-electron chi connectivity index (χ3n) is 3.48. The first kappa shape index (κ1) is 14.5. The lowest BCUT2D eigenvalue weighted by Gasteiger charge is -2.29. The number of amides is 1. The summed E-state index contributed by atoms with van der Waals surface area (Å²) in [5.74, 6) is 0.468. The van der Waals surface area contributed by atoms with Gasteiger partial charge in [0.15, 0.2) is 0 Å². The van der Waals surface area contributed by atoms with Gasteiger partial charge in [-0.2, -0.15) is 0 Å². The minimum Gasteiger partial charge on any atom is -0.344 e. The van der Waals surface area contributed by atoms with E-state index in [0.717, 1.165) is 52.1 Å². The molecule has 0 aliphatic carbocycles. The van der Waals surface area contributed by atoms with E-state index in [9.17, 15) is 4.79 Å². The Bertz CT molecular complexity index is 227. The number of likely N-dealkylation sites (N-methyl/N-ethyl adjacent to an activating group) is 1. The number of hydrogen-bond donors (Lipinski definition) is 1. The number of nitrogens with zero attached hydrogens (tertiary/aromatic N) is 2. The van der Waals surface area contributed by atoms with E-state index in [-0.39, 0.29) is 5.92 Å². The van der Waals surface area contributed by atoms with Crippen LogP contribution in [0.2, 0.25) is 0 Å². The van der Waals surface area contributed by atoms with Gasteiger partial charge in [-0.1, -0.05) is 20.3 Å². The van der Waals surface area contributed by atoms with Crippen LogP contribution in [0.5, 0.6) is 0 Å². The van der Waals surface area contributed by atoms with Gasteiger partial charge in [-0.3, -0.25) is 9.69 Å². The lowest BCUT2D eigenvalue weighted by Crippen LogP contribution is -2.46. The van der Waals surface area contributed by atoms with Crippen molar-refractivity contribution < 1.29 is 4.79 Å². The summed E-state index contributed by atoms with van der Waals surface area (Å²) in [5.41, 5.74) is 0. The molecule has 1 aliphatic heterocycles. The molecule has 0 aromatic rings. The summed E-state index contributed by atoms with van der Waals surface area (Å²) in [6, 6.07) is 0. The predicted molar refractivity (Wildman–Crippen MR) is 71.0 cm³/mol. The van der Waals surface area contributed by atoms with E-state index in [1.165, 1.54) is 0 Å². The van der Waals surface area contributed by atoms with Gasteiger partial charge in [-0.15, -0.1) is 0 Å². The molecule has 0 radical (unpaired) electrons. The van der Waals surface area contributed by atoms with E-state index in [1.807, 2.05) is 18.9 Å². The van der Waals surface area contributed by atoms with Gasteiger partial charge in [0, 0.05) is 52.2 Å². The normalized spacial score (nSPS) is 19.0. The van der Waals surface area contributed by atoms with Gasteiger partial charge >= 0.3 is 0 Å². The van der Waals surface area contributed by atoms with E-state index < -0.39 is 0 Å². The molecule has 100 valence electrons. The fourth-order valence-electron chi connectivity index (χ4n) is 2.27. The molecule has 1 N–H and O–H groups in total. The fraction of sp³-hybridized carbons (Fsp3) is 0.923. The molecule has 1 heterocycles. The van der Waals surface area contributed by atoms with Gasteiger partial charge in [-0.05, 0) is 6.42 Å². The predicted octanol–water partition coefficient (Wildman–Crippen LogP) is 0.786. The SMILES string of the molecule is CCCC(C)C(=O)N(C)CCN1CCNCC1. The van der Waals surface area contributed by atoms with Crippen LogP contribution in [0.15, 0.2) is 0 Å². The van der Waals surface area contributed by atoms with Crippen LogP contribution < -0.4 is 5.32 Å². The Labute approximate surface area is 105 Å². The first-order chi connectivity index (χ1) is 8.15. The van der Waals surface area contributed by atoms with Gasteiger partial charge in [0.2, 0.25) is 5.91 Å². The Morgan fingerprint density at radius 1 is 1.41 bits per heavy atom. The van der Waals surface area contributed by atoms with E-state index in [2.05, 4.69) is 17.1 Å². The molecular weight excluding hydrogens is 214 g/mol. The first-order valence-corrected chi connectivity index (χ1v) is 6.83. The second kappa shape index (κ2) is 7.67. The molecule has 0 bridgehead atoms. The molecule has 4 heteroatoms. The second-order valence-corrected chi connectivity index (χ2v) is 5.04. The van der Waals surface area contributed by atoms with Crippen LogP contribution in [-0.4, -0.2) is 62.0 Å². The monoisotopic (exact) mass is 241 g/mol. The quantitative estimate of drug-likeness (QED) is 0.747. The summed E-state index contributed by atoms with van der Waals surface area (Å²) >= 11 is 0. The van der Waals surface area contributed by atoms with Crippen molar-refractivity contribution in [1.82, 2.24) is 15.1 Å². The highest BCUT2D eigenvalue weighted by Gasteiger charge is 2.17. The van der Waals surface area contributed by atoms with E-state index in [0.29, 0.717) is 5.91 Å². The minimum absolute atomic E-state index is 0.174. The number of hydrogen-bond acceptors (Lipinski definition) is 3. The number of piperazine rings is 1. The molecule has 1 atom stereocenters. The Morgan fingerprint density at radius 3 is 2.65 bits per heavy atom. The maximum atomic E-state index is 12.0. The molecule has 1 rings (SSSR count). The highest BCUT2D eigenvalue weighted by Crippen LogP contribution is 2.08. The molecule has 1 fully saturated rings. The maximum absolute atomic E-state index is 12.0. The van der Waals surface area contributed by atoms with E-state index in [1.54, 1.807) is 0 Å². The molecule has 1 unspecified atom stereocenters. The van der Waals surface area contributed by atoms with Crippen molar-refractivity contribution in [2.45, 2.75) is 26.7 Å². The van der Waals surface area contributed by atoms with Gasteiger partial charge in [-0.25, -0.2) is 0 Å². The Kier molecular flexibility index (Phi) is 6.52. The molecule has 0 aromatic carbocycles. The number of carbonyl (C=O) groups is 1. The zero-order valence-corrected chi connectivity index (χ0v) is 11.5. The standard InChI is InChI=1S/C13H27N3O/c1-4-5-12(2)13(17)15(3)10-11-16-8-6-14-7-9-16/h12,14H,4-11H2,1-3H3. The zero-order valence-electron chi connectivity index (χ0n) is 11.5. The summed E-state index contributed by atoms with van der Waals surface area (Å²) in [6.07, 6.45) is 2.08. The van der Waals surface area contributed by atoms with Crippen LogP contribution in [0.25, 0.3) is 0 Å². The highest BCUT2D eigenvalue weighted by atomic mass is 16.2. The van der Waals surface area contributed by atoms with Crippen molar-refractivity contribution in [2.24, 2.45) is 5.92 Å². The van der Waals surface area contributed by atoms with Crippen LogP contribution in [0.1, 0.15) is 26.7 Å². The van der Waals surface area contributed by atoms with Gasteiger partial charge in [0.1, 0.15) is 0 Å². The summed E-state index contributed by atoms with van der Waals surface area (Å²) in [5, 5.41) is 3.34. The summed E-state index contributed by atoms with van der Waals surface area (Å²) in [6.45, 7) is 10.4. The topological polar surface area (TPSA) is 35.6 Å². The van der Waals surface area contributed by atoms with Crippen molar-refractivity contribution in [3.63, 3.8) is 0 Å². The average Bonchev–Trinajstić information content (AvgIpc) is 2.36. The lowest BCUT2D eigenvalue weighted by atomic mass is 10.1. The van der Waals surface area contributed by atoms with Crippen LogP contribution in [0, 0.1) is 5.92 Å². The smallest absolute Gasteiger partial charge is 0.225 e. The third kappa shape index (κ3) is 5.04. The lowest BCUT2D eigenvalue weighted by molar-refractivity contribution is -0.134. The van der Waals surface area contributed by atoms with Crippen LogP contribution >= 0.6 is 0 Å². The number of rotatable bonds is 6. The van der Waals surface area contributed by atoms with Crippen molar-refractivity contribution >= 4 is 5.91 Å². The molecule has 0 aromatic heterocycles. The Morgan fingerprint density at radius 2 is 2.06 bits per heavy atom. The van der Waals surface area contributed by atoms with Gasteiger partial charge < -0.3 is 10.2 Å². The average molecular weight is 241 g/mol. The molecule has 1 amide bonds.